The molecule has 0 bridgehead atoms. The van der Waals surface area contributed by atoms with Gasteiger partial charge in [-0.15, -0.1) is 0 Å². The van der Waals surface area contributed by atoms with Gasteiger partial charge in [-0.1, -0.05) is 29.8 Å². The highest BCUT2D eigenvalue weighted by atomic mass is 79.9. The largest absolute Gasteiger partial charge is 0.382 e. The number of aromatic nitrogens is 1. The summed E-state index contributed by atoms with van der Waals surface area (Å²) in [6.45, 7) is 0. The molecule has 1 heterocycles. The van der Waals surface area contributed by atoms with Gasteiger partial charge in [0.2, 0.25) is 0 Å². The highest BCUT2D eigenvalue weighted by Gasteiger charge is 2.19. The van der Waals surface area contributed by atoms with E-state index in [2.05, 4.69) is 20.9 Å². The maximum atomic E-state index is 13.4. The molecule has 0 saturated heterocycles. The fourth-order valence-corrected chi connectivity index (χ4v) is 2.94. The number of aliphatic hydroxyl groups excluding tert-OH is 1. The highest BCUT2D eigenvalue weighted by molar-refractivity contribution is 9.10. The van der Waals surface area contributed by atoms with Crippen molar-refractivity contribution >= 4 is 38.4 Å². The summed E-state index contributed by atoms with van der Waals surface area (Å²) in [6.07, 6.45) is -1.10. The third-order valence-corrected chi connectivity index (χ3v) is 4.20. The Morgan fingerprint density at radius 2 is 1.90 bits per heavy atom. The summed E-state index contributed by atoms with van der Waals surface area (Å²) in [5.74, 6) is -0.453. The number of nitrogens with zero attached hydrogens (tertiary/aromatic N) is 1. The maximum Gasteiger partial charge on any atom is 0.124 e. The molecular weight excluding hydrogens is 357 g/mol. The first-order chi connectivity index (χ1) is 10.1. The minimum atomic E-state index is -1.10. The van der Waals surface area contributed by atoms with Crippen LogP contribution in [0.4, 0.5) is 4.39 Å². The maximum absolute atomic E-state index is 13.4. The van der Waals surface area contributed by atoms with Crippen LogP contribution in [0.25, 0.3) is 10.9 Å². The minimum absolute atomic E-state index is 0.292. The molecule has 1 atom stereocenters. The van der Waals surface area contributed by atoms with Crippen molar-refractivity contribution in [2.24, 2.45) is 0 Å². The molecule has 0 fully saturated rings. The van der Waals surface area contributed by atoms with Gasteiger partial charge in [0.25, 0.3) is 0 Å². The predicted octanol–water partition coefficient (Wildman–Crippen LogP) is 4.87. The van der Waals surface area contributed by atoms with Crippen LogP contribution < -0.4 is 0 Å². The lowest BCUT2D eigenvalue weighted by atomic mass is 10.0. The van der Waals surface area contributed by atoms with E-state index in [1.165, 1.54) is 18.2 Å². The van der Waals surface area contributed by atoms with E-state index in [1.807, 2.05) is 30.3 Å². The van der Waals surface area contributed by atoms with Gasteiger partial charge in [0.1, 0.15) is 11.9 Å². The molecule has 106 valence electrons. The van der Waals surface area contributed by atoms with Crippen LogP contribution in [0.15, 0.2) is 53.0 Å². The van der Waals surface area contributed by atoms with E-state index in [1.54, 1.807) is 0 Å². The molecule has 1 N–H and O–H groups in total. The summed E-state index contributed by atoms with van der Waals surface area (Å²) < 4.78 is 14.0. The fraction of sp³-hybridized carbons (Fsp3) is 0.0625. The Hall–Kier alpha value is -1.49. The van der Waals surface area contributed by atoms with Crippen LogP contribution in [0.3, 0.4) is 0 Å². The van der Waals surface area contributed by atoms with E-state index in [0.717, 1.165) is 10.9 Å². The standard InChI is InChI=1S/C16H10BrClFNO/c17-12-7-9-3-1-2-4-14(9)20-15(12)16(21)11-8-10(19)5-6-13(11)18/h1-8,16,21H. The number of rotatable bonds is 2. The van der Waals surface area contributed by atoms with Crippen LogP contribution in [0.5, 0.6) is 0 Å². The van der Waals surface area contributed by atoms with Crippen LogP contribution in [0.1, 0.15) is 17.4 Å². The smallest absolute Gasteiger partial charge is 0.124 e. The Balaban J connectivity index is 2.14. The number of hydrogen-bond donors (Lipinski definition) is 1. The van der Waals surface area contributed by atoms with Crippen molar-refractivity contribution < 1.29 is 9.50 Å². The third kappa shape index (κ3) is 2.79. The third-order valence-electron chi connectivity index (χ3n) is 3.22. The molecule has 0 aliphatic carbocycles. The van der Waals surface area contributed by atoms with Gasteiger partial charge in [-0.3, -0.25) is 0 Å². The van der Waals surface area contributed by atoms with Crippen molar-refractivity contribution in [3.8, 4) is 0 Å². The van der Waals surface area contributed by atoms with E-state index in [-0.39, 0.29) is 0 Å². The first-order valence-electron chi connectivity index (χ1n) is 6.24. The van der Waals surface area contributed by atoms with Gasteiger partial charge in [0, 0.05) is 20.4 Å². The van der Waals surface area contributed by atoms with E-state index < -0.39 is 11.9 Å². The summed E-state index contributed by atoms with van der Waals surface area (Å²) >= 11 is 9.44. The van der Waals surface area contributed by atoms with Crippen LogP contribution in [-0.4, -0.2) is 10.1 Å². The molecule has 0 spiro atoms. The second kappa shape index (κ2) is 5.72. The first-order valence-corrected chi connectivity index (χ1v) is 7.41. The van der Waals surface area contributed by atoms with Crippen molar-refractivity contribution in [3.63, 3.8) is 0 Å². The average Bonchev–Trinajstić information content (AvgIpc) is 2.48. The highest BCUT2D eigenvalue weighted by Crippen LogP contribution is 2.33. The van der Waals surface area contributed by atoms with Gasteiger partial charge in [0.15, 0.2) is 0 Å². The predicted molar refractivity (Wildman–Crippen MR) is 84.9 cm³/mol. The van der Waals surface area contributed by atoms with Gasteiger partial charge >= 0.3 is 0 Å². The molecule has 0 aliphatic rings. The lowest BCUT2D eigenvalue weighted by Crippen LogP contribution is -2.05. The zero-order chi connectivity index (χ0) is 15.0. The summed E-state index contributed by atoms with van der Waals surface area (Å²) in [5, 5.41) is 11.7. The Kier molecular flexibility index (Phi) is 3.93. The molecule has 0 saturated carbocycles. The zero-order valence-corrected chi connectivity index (χ0v) is 13.1. The Morgan fingerprint density at radius 3 is 2.71 bits per heavy atom. The Bertz CT molecular complexity index is 824. The molecule has 2 aromatic carbocycles. The Morgan fingerprint density at radius 1 is 1.14 bits per heavy atom. The molecule has 0 amide bonds. The second-order valence-corrected chi connectivity index (χ2v) is 5.88. The second-order valence-electron chi connectivity index (χ2n) is 4.62. The number of para-hydroxylation sites is 1. The van der Waals surface area contributed by atoms with E-state index in [9.17, 15) is 9.50 Å². The number of benzene rings is 2. The molecule has 1 aromatic heterocycles. The fourth-order valence-electron chi connectivity index (χ4n) is 2.17. The van der Waals surface area contributed by atoms with E-state index in [0.29, 0.717) is 20.8 Å². The number of fused-ring (bicyclic) bond motifs is 1. The van der Waals surface area contributed by atoms with Gasteiger partial charge in [-0.25, -0.2) is 9.37 Å². The number of halogens is 3. The lowest BCUT2D eigenvalue weighted by molar-refractivity contribution is 0.214. The lowest BCUT2D eigenvalue weighted by Gasteiger charge is -2.15. The monoisotopic (exact) mass is 365 g/mol. The normalized spacial score (nSPS) is 12.6. The topological polar surface area (TPSA) is 33.1 Å². The minimum Gasteiger partial charge on any atom is -0.382 e. The first kappa shape index (κ1) is 14.4. The van der Waals surface area contributed by atoms with Crippen molar-refractivity contribution in [1.29, 1.82) is 0 Å². The zero-order valence-electron chi connectivity index (χ0n) is 10.7. The van der Waals surface area contributed by atoms with Gasteiger partial charge in [-0.05, 0) is 46.3 Å². The summed E-state index contributed by atoms with van der Waals surface area (Å²) in [7, 11) is 0. The molecule has 0 aliphatic heterocycles. The number of pyridine rings is 1. The van der Waals surface area contributed by atoms with Crippen molar-refractivity contribution in [2.75, 3.05) is 0 Å². The Labute approximate surface area is 134 Å². The molecule has 1 unspecified atom stereocenters. The molecule has 3 aromatic rings. The molecule has 21 heavy (non-hydrogen) atoms. The van der Waals surface area contributed by atoms with Crippen molar-refractivity contribution in [2.45, 2.75) is 6.10 Å². The summed E-state index contributed by atoms with van der Waals surface area (Å²) in [4.78, 5) is 4.44. The molecule has 0 radical (unpaired) electrons. The van der Waals surface area contributed by atoms with Crippen LogP contribution in [0, 0.1) is 5.82 Å². The van der Waals surface area contributed by atoms with Gasteiger partial charge < -0.3 is 5.11 Å². The molecule has 2 nitrogen and oxygen atoms in total. The summed E-state index contributed by atoms with van der Waals surface area (Å²) in [6, 6.07) is 13.3. The van der Waals surface area contributed by atoms with Gasteiger partial charge in [0.05, 0.1) is 11.2 Å². The van der Waals surface area contributed by atoms with E-state index >= 15 is 0 Å². The quantitative estimate of drug-likeness (QED) is 0.702. The van der Waals surface area contributed by atoms with Crippen LogP contribution in [-0.2, 0) is 0 Å². The molecule has 5 heteroatoms. The van der Waals surface area contributed by atoms with Crippen LogP contribution >= 0.6 is 27.5 Å². The van der Waals surface area contributed by atoms with Gasteiger partial charge in [-0.2, -0.15) is 0 Å². The van der Waals surface area contributed by atoms with Crippen LogP contribution in [0.2, 0.25) is 5.02 Å². The molecular formula is C16H10BrClFNO. The SMILES string of the molecule is OC(c1cc(F)ccc1Cl)c1nc2ccccc2cc1Br. The van der Waals surface area contributed by atoms with E-state index in [4.69, 9.17) is 11.6 Å². The van der Waals surface area contributed by atoms with Crippen molar-refractivity contribution in [1.82, 2.24) is 4.98 Å². The molecule has 3 rings (SSSR count). The summed E-state index contributed by atoms with van der Waals surface area (Å²) in [5.41, 5.74) is 1.45. The number of hydrogen-bond acceptors (Lipinski definition) is 2. The number of aliphatic hydroxyl groups is 1. The average molecular weight is 367 g/mol. The van der Waals surface area contributed by atoms with Crippen molar-refractivity contribution in [3.05, 3.63) is 75.1 Å².